The van der Waals surface area contributed by atoms with E-state index in [0.717, 1.165) is 38.5 Å². The van der Waals surface area contributed by atoms with E-state index in [4.69, 9.17) is 27.7 Å². The minimum Gasteiger partial charge on any atom is -0.375 e. The Bertz CT molecular complexity index is 227. The molecule has 2 aliphatic carbocycles. The van der Waals surface area contributed by atoms with Crippen molar-refractivity contribution in [3.8, 4) is 0 Å². The summed E-state index contributed by atoms with van der Waals surface area (Å²) in [6.07, 6.45) is 6.23. The first-order chi connectivity index (χ1) is 8.06. The first kappa shape index (κ1) is 13.2. The third kappa shape index (κ3) is 3.39. The lowest BCUT2D eigenvalue weighted by atomic mass is 9.87. The maximum atomic E-state index is 6.10. The van der Waals surface area contributed by atoms with Gasteiger partial charge in [0.2, 0.25) is 0 Å². The molecule has 0 radical (unpaired) electrons. The third-order valence-electron chi connectivity index (χ3n) is 4.20. The van der Waals surface area contributed by atoms with E-state index in [2.05, 4.69) is 0 Å². The highest BCUT2D eigenvalue weighted by atomic mass is 16.5. The van der Waals surface area contributed by atoms with Gasteiger partial charge < -0.3 is 27.7 Å². The molecule has 0 heterocycles. The predicted molar refractivity (Wildman–Crippen MR) is 68.3 cm³/mol. The van der Waals surface area contributed by atoms with Crippen molar-refractivity contribution in [3.05, 3.63) is 0 Å². The third-order valence-corrected chi connectivity index (χ3v) is 4.20. The summed E-state index contributed by atoms with van der Waals surface area (Å²) in [5.74, 6) is 0. The molecule has 0 aliphatic heterocycles. The Hall–Kier alpha value is -0.200. The summed E-state index contributed by atoms with van der Waals surface area (Å²) in [6, 6.07) is 0.426. The maximum absolute atomic E-state index is 6.10. The smallest absolute Gasteiger partial charge is 0.0594 e. The summed E-state index contributed by atoms with van der Waals surface area (Å²) >= 11 is 0. The zero-order valence-electron chi connectivity index (χ0n) is 10.4. The van der Waals surface area contributed by atoms with Crippen LogP contribution in [-0.2, 0) is 4.74 Å². The van der Waals surface area contributed by atoms with E-state index in [1.807, 2.05) is 0 Å². The molecule has 0 amide bonds. The molecular formula is C12H26N4O. The second kappa shape index (κ2) is 5.63. The van der Waals surface area contributed by atoms with Crippen LogP contribution in [0.3, 0.4) is 0 Å². The number of ether oxygens (including phenoxy) is 1. The molecule has 0 bridgehead atoms. The maximum Gasteiger partial charge on any atom is 0.0594 e. The molecule has 0 aromatic carbocycles. The van der Waals surface area contributed by atoms with Crippen LogP contribution in [0, 0.1) is 0 Å². The van der Waals surface area contributed by atoms with E-state index >= 15 is 0 Å². The Morgan fingerprint density at radius 1 is 0.588 bits per heavy atom. The monoisotopic (exact) mass is 242 g/mol. The number of rotatable bonds is 2. The van der Waals surface area contributed by atoms with E-state index in [1.165, 1.54) is 0 Å². The predicted octanol–water partition coefficient (Wildman–Crippen LogP) is -0.583. The molecule has 17 heavy (non-hydrogen) atoms. The van der Waals surface area contributed by atoms with E-state index < -0.39 is 0 Å². The molecule has 5 heteroatoms. The zero-order chi connectivity index (χ0) is 12.4. The average Bonchev–Trinajstić information content (AvgIpc) is 2.29. The Kier molecular flexibility index (Phi) is 4.38. The lowest BCUT2D eigenvalue weighted by Gasteiger charge is -2.37. The number of hydrogen-bond donors (Lipinski definition) is 4. The van der Waals surface area contributed by atoms with Crippen molar-refractivity contribution in [2.75, 3.05) is 0 Å². The molecular weight excluding hydrogens is 216 g/mol. The van der Waals surface area contributed by atoms with Gasteiger partial charge in [0.1, 0.15) is 0 Å². The van der Waals surface area contributed by atoms with E-state index in [9.17, 15) is 0 Å². The van der Waals surface area contributed by atoms with Crippen LogP contribution in [0.4, 0.5) is 0 Å². The Labute approximate surface area is 103 Å². The minimum absolute atomic E-state index is 0.0771. The van der Waals surface area contributed by atoms with Crippen LogP contribution in [0.25, 0.3) is 0 Å². The second-order valence-corrected chi connectivity index (χ2v) is 5.66. The van der Waals surface area contributed by atoms with Crippen LogP contribution in [0.5, 0.6) is 0 Å². The first-order valence-corrected chi connectivity index (χ1v) is 6.74. The Morgan fingerprint density at radius 3 is 1.35 bits per heavy atom. The van der Waals surface area contributed by atoms with Crippen molar-refractivity contribution in [2.45, 2.75) is 74.9 Å². The summed E-state index contributed by atoms with van der Waals surface area (Å²) in [4.78, 5) is 0. The van der Waals surface area contributed by atoms with Crippen molar-refractivity contribution < 1.29 is 4.74 Å². The molecule has 2 rings (SSSR count). The molecule has 2 fully saturated rings. The van der Waals surface area contributed by atoms with Crippen molar-refractivity contribution >= 4 is 0 Å². The summed E-state index contributed by atoms with van der Waals surface area (Å²) in [7, 11) is 0. The fraction of sp³-hybridized carbons (Fsp3) is 1.00. The lowest BCUT2D eigenvalue weighted by Crippen LogP contribution is -2.51. The van der Waals surface area contributed by atoms with Gasteiger partial charge in [-0.25, -0.2) is 0 Å². The van der Waals surface area contributed by atoms with Crippen LogP contribution in [0.15, 0.2) is 0 Å². The standard InChI is InChI=1S/C12H26N4O/c13-9-3-1-7(5-11(9)15)17-8-2-4-10(14)12(16)6-8/h7-12H,1-6,13-16H2. The van der Waals surface area contributed by atoms with Crippen LogP contribution in [0.2, 0.25) is 0 Å². The molecule has 2 saturated carbocycles. The highest BCUT2D eigenvalue weighted by molar-refractivity contribution is 4.89. The van der Waals surface area contributed by atoms with Gasteiger partial charge in [-0.05, 0) is 38.5 Å². The van der Waals surface area contributed by atoms with Gasteiger partial charge in [0.25, 0.3) is 0 Å². The SMILES string of the molecule is NC1CCC(OC2CCC(N)C(N)C2)CC1N. The van der Waals surface area contributed by atoms with Gasteiger partial charge in [0.05, 0.1) is 12.2 Å². The quantitative estimate of drug-likeness (QED) is 0.517. The van der Waals surface area contributed by atoms with Gasteiger partial charge >= 0.3 is 0 Å². The molecule has 0 aromatic rings. The fourth-order valence-corrected chi connectivity index (χ4v) is 2.90. The molecule has 6 unspecified atom stereocenters. The van der Waals surface area contributed by atoms with E-state index in [0.29, 0.717) is 0 Å². The first-order valence-electron chi connectivity index (χ1n) is 6.74. The molecule has 2 aliphatic rings. The molecule has 0 aromatic heterocycles. The summed E-state index contributed by atoms with van der Waals surface area (Å²) in [5.41, 5.74) is 23.7. The molecule has 0 saturated heterocycles. The fourth-order valence-electron chi connectivity index (χ4n) is 2.90. The highest BCUT2D eigenvalue weighted by Crippen LogP contribution is 2.26. The number of nitrogens with two attached hydrogens (primary N) is 4. The topological polar surface area (TPSA) is 113 Å². The minimum atomic E-state index is 0.0771. The van der Waals surface area contributed by atoms with Gasteiger partial charge in [-0.3, -0.25) is 0 Å². The van der Waals surface area contributed by atoms with Gasteiger partial charge in [-0.2, -0.15) is 0 Å². The van der Waals surface area contributed by atoms with Gasteiger partial charge in [0, 0.05) is 24.2 Å². The van der Waals surface area contributed by atoms with Crippen LogP contribution in [0.1, 0.15) is 38.5 Å². The highest BCUT2D eigenvalue weighted by Gasteiger charge is 2.31. The molecule has 5 nitrogen and oxygen atoms in total. The van der Waals surface area contributed by atoms with Gasteiger partial charge in [-0.1, -0.05) is 0 Å². The summed E-state index contributed by atoms with van der Waals surface area (Å²) in [5, 5.41) is 0. The summed E-state index contributed by atoms with van der Waals surface area (Å²) in [6.45, 7) is 0. The zero-order valence-corrected chi connectivity index (χ0v) is 10.4. The second-order valence-electron chi connectivity index (χ2n) is 5.66. The van der Waals surface area contributed by atoms with Gasteiger partial charge in [-0.15, -0.1) is 0 Å². The normalized spacial score (nSPS) is 48.0. The molecule has 8 N–H and O–H groups in total. The number of hydrogen-bond acceptors (Lipinski definition) is 5. The lowest BCUT2D eigenvalue weighted by molar-refractivity contribution is -0.0546. The molecule has 0 spiro atoms. The van der Waals surface area contributed by atoms with Crippen LogP contribution >= 0.6 is 0 Å². The van der Waals surface area contributed by atoms with E-state index in [-0.39, 0.29) is 36.4 Å². The average molecular weight is 242 g/mol. The van der Waals surface area contributed by atoms with E-state index in [1.54, 1.807) is 0 Å². The van der Waals surface area contributed by atoms with Crippen LogP contribution < -0.4 is 22.9 Å². The Balaban J connectivity index is 1.78. The van der Waals surface area contributed by atoms with Crippen molar-refractivity contribution in [3.63, 3.8) is 0 Å². The van der Waals surface area contributed by atoms with Crippen molar-refractivity contribution in [1.29, 1.82) is 0 Å². The van der Waals surface area contributed by atoms with Crippen LogP contribution in [-0.4, -0.2) is 36.4 Å². The van der Waals surface area contributed by atoms with Crippen molar-refractivity contribution in [2.24, 2.45) is 22.9 Å². The largest absolute Gasteiger partial charge is 0.375 e. The summed E-state index contributed by atoms with van der Waals surface area (Å²) < 4.78 is 6.10. The Morgan fingerprint density at radius 2 is 1.00 bits per heavy atom. The molecule has 6 atom stereocenters. The van der Waals surface area contributed by atoms with Gasteiger partial charge in [0.15, 0.2) is 0 Å². The van der Waals surface area contributed by atoms with Crippen molar-refractivity contribution in [1.82, 2.24) is 0 Å². The molecule has 100 valence electrons.